The van der Waals surface area contributed by atoms with Crippen molar-refractivity contribution in [2.45, 2.75) is 12.8 Å². The van der Waals surface area contributed by atoms with Crippen LogP contribution in [0.25, 0.3) is 10.8 Å². The van der Waals surface area contributed by atoms with Crippen LogP contribution in [-0.2, 0) is 4.79 Å². The van der Waals surface area contributed by atoms with Crippen molar-refractivity contribution in [3.8, 4) is 0 Å². The molecule has 1 aliphatic heterocycles. The van der Waals surface area contributed by atoms with Crippen LogP contribution in [0.2, 0.25) is 0 Å². The maximum absolute atomic E-state index is 12.6. The van der Waals surface area contributed by atoms with Crippen LogP contribution >= 0.6 is 0 Å². The molecular weight excluding hydrogens is 264 g/mol. The van der Waals surface area contributed by atoms with E-state index in [1.807, 2.05) is 42.5 Å². The van der Waals surface area contributed by atoms with Gasteiger partial charge in [0, 0.05) is 18.7 Å². The highest BCUT2D eigenvalue weighted by molar-refractivity contribution is 5.98. The van der Waals surface area contributed by atoms with E-state index in [2.05, 4.69) is 0 Å². The number of primary amides is 1. The molecule has 2 N–H and O–H groups in total. The molecule has 2 aromatic carbocycles. The minimum Gasteiger partial charge on any atom is -0.369 e. The van der Waals surface area contributed by atoms with Crippen molar-refractivity contribution >= 4 is 22.6 Å². The number of hydrogen-bond donors (Lipinski definition) is 1. The molecule has 1 fully saturated rings. The first-order valence-corrected chi connectivity index (χ1v) is 7.22. The van der Waals surface area contributed by atoms with E-state index in [0.717, 1.165) is 23.6 Å². The standard InChI is InChI=1S/C17H18N2O2/c18-16(20)15-6-3-9-19(11-15)17(21)14-8-7-12-4-1-2-5-13(12)10-14/h1-2,4-5,7-8,10,15H,3,6,9,11H2,(H2,18,20)/t15-/m0/s1. The van der Waals surface area contributed by atoms with Crippen molar-refractivity contribution in [1.82, 2.24) is 4.90 Å². The number of rotatable bonds is 2. The Balaban J connectivity index is 1.84. The zero-order valence-corrected chi connectivity index (χ0v) is 11.8. The van der Waals surface area contributed by atoms with Crippen molar-refractivity contribution in [3.63, 3.8) is 0 Å². The highest BCUT2D eigenvalue weighted by Crippen LogP contribution is 2.21. The summed E-state index contributed by atoms with van der Waals surface area (Å²) in [5.74, 6) is -0.555. The average molecular weight is 282 g/mol. The lowest BCUT2D eigenvalue weighted by Gasteiger charge is -2.31. The Labute approximate surface area is 123 Å². The Hall–Kier alpha value is -2.36. The predicted molar refractivity (Wildman–Crippen MR) is 81.8 cm³/mol. The van der Waals surface area contributed by atoms with Crippen LogP contribution in [0.1, 0.15) is 23.2 Å². The van der Waals surface area contributed by atoms with Crippen LogP contribution in [0.15, 0.2) is 42.5 Å². The predicted octanol–water partition coefficient (Wildman–Crippen LogP) is 2.18. The highest BCUT2D eigenvalue weighted by Gasteiger charge is 2.27. The Morgan fingerprint density at radius 3 is 2.62 bits per heavy atom. The summed E-state index contributed by atoms with van der Waals surface area (Å²) in [4.78, 5) is 25.6. The number of amides is 2. The van der Waals surface area contributed by atoms with Gasteiger partial charge in [-0.25, -0.2) is 0 Å². The summed E-state index contributed by atoms with van der Waals surface area (Å²) < 4.78 is 0. The Morgan fingerprint density at radius 1 is 1.10 bits per heavy atom. The van der Waals surface area contributed by atoms with E-state index in [4.69, 9.17) is 5.73 Å². The van der Waals surface area contributed by atoms with Gasteiger partial charge in [-0.3, -0.25) is 9.59 Å². The summed E-state index contributed by atoms with van der Waals surface area (Å²) in [7, 11) is 0. The van der Waals surface area contributed by atoms with Crippen LogP contribution in [0.4, 0.5) is 0 Å². The molecular formula is C17H18N2O2. The van der Waals surface area contributed by atoms with Gasteiger partial charge in [0.05, 0.1) is 5.92 Å². The third kappa shape index (κ3) is 2.75. The number of carbonyl (C=O) groups is 2. The minimum absolute atomic E-state index is 0.0216. The number of carbonyl (C=O) groups excluding carboxylic acids is 2. The second kappa shape index (κ2) is 5.56. The van der Waals surface area contributed by atoms with Crippen LogP contribution in [0.3, 0.4) is 0 Å². The fourth-order valence-electron chi connectivity index (χ4n) is 2.90. The van der Waals surface area contributed by atoms with Gasteiger partial charge < -0.3 is 10.6 Å². The molecule has 21 heavy (non-hydrogen) atoms. The van der Waals surface area contributed by atoms with Gasteiger partial charge in [-0.1, -0.05) is 30.3 Å². The number of fused-ring (bicyclic) bond motifs is 1. The second-order valence-corrected chi connectivity index (χ2v) is 5.55. The molecule has 1 atom stereocenters. The van der Waals surface area contributed by atoms with Crippen molar-refractivity contribution < 1.29 is 9.59 Å². The molecule has 0 aromatic heterocycles. The molecule has 1 aliphatic rings. The Morgan fingerprint density at radius 2 is 1.86 bits per heavy atom. The van der Waals surface area contributed by atoms with E-state index in [9.17, 15) is 9.59 Å². The Kier molecular flexibility index (Phi) is 3.60. The van der Waals surface area contributed by atoms with Crippen LogP contribution in [-0.4, -0.2) is 29.8 Å². The lowest BCUT2D eigenvalue weighted by molar-refractivity contribution is -0.123. The van der Waals surface area contributed by atoms with E-state index >= 15 is 0 Å². The summed E-state index contributed by atoms with van der Waals surface area (Å²) >= 11 is 0. The quantitative estimate of drug-likeness (QED) is 0.917. The van der Waals surface area contributed by atoms with Gasteiger partial charge >= 0.3 is 0 Å². The summed E-state index contributed by atoms with van der Waals surface area (Å²) in [6.45, 7) is 1.12. The molecule has 0 saturated carbocycles. The van der Waals surface area contributed by atoms with Crippen LogP contribution in [0.5, 0.6) is 0 Å². The number of hydrogen-bond acceptors (Lipinski definition) is 2. The topological polar surface area (TPSA) is 63.4 Å². The van der Waals surface area contributed by atoms with E-state index in [-0.39, 0.29) is 17.7 Å². The third-order valence-electron chi connectivity index (χ3n) is 4.11. The van der Waals surface area contributed by atoms with E-state index in [1.165, 1.54) is 0 Å². The second-order valence-electron chi connectivity index (χ2n) is 5.55. The lowest BCUT2D eigenvalue weighted by Crippen LogP contribution is -2.44. The number of benzene rings is 2. The van der Waals surface area contributed by atoms with Crippen LogP contribution < -0.4 is 5.73 Å². The molecule has 108 valence electrons. The van der Waals surface area contributed by atoms with Gasteiger partial charge in [0.1, 0.15) is 0 Å². The van der Waals surface area contributed by atoms with Gasteiger partial charge in [0.25, 0.3) is 5.91 Å². The summed E-state index contributed by atoms with van der Waals surface area (Å²) in [6.07, 6.45) is 1.60. The third-order valence-corrected chi connectivity index (χ3v) is 4.11. The zero-order chi connectivity index (χ0) is 14.8. The number of nitrogens with zero attached hydrogens (tertiary/aromatic N) is 1. The minimum atomic E-state index is -0.314. The molecule has 1 saturated heterocycles. The highest BCUT2D eigenvalue weighted by atomic mass is 16.2. The molecule has 0 spiro atoms. The monoisotopic (exact) mass is 282 g/mol. The fraction of sp³-hybridized carbons (Fsp3) is 0.294. The summed E-state index contributed by atoms with van der Waals surface area (Å²) in [5, 5.41) is 2.16. The summed E-state index contributed by atoms with van der Waals surface area (Å²) in [6, 6.07) is 13.7. The smallest absolute Gasteiger partial charge is 0.253 e. The number of likely N-dealkylation sites (tertiary alicyclic amines) is 1. The molecule has 0 bridgehead atoms. The first-order valence-electron chi connectivity index (χ1n) is 7.22. The summed E-state index contributed by atoms with van der Waals surface area (Å²) in [5.41, 5.74) is 6.03. The number of nitrogens with two attached hydrogens (primary N) is 1. The maximum atomic E-state index is 12.6. The van der Waals surface area contributed by atoms with E-state index < -0.39 is 0 Å². The Bertz CT molecular complexity index is 696. The van der Waals surface area contributed by atoms with Gasteiger partial charge in [0.2, 0.25) is 5.91 Å². The van der Waals surface area contributed by atoms with Crippen LogP contribution in [0, 0.1) is 5.92 Å². The molecule has 3 rings (SSSR count). The van der Waals surface area contributed by atoms with E-state index in [1.54, 1.807) is 4.90 Å². The number of piperidine rings is 1. The molecule has 2 amide bonds. The van der Waals surface area contributed by atoms with Gasteiger partial charge in [-0.15, -0.1) is 0 Å². The SMILES string of the molecule is NC(=O)[C@H]1CCCN(C(=O)c2ccc3ccccc3c2)C1. The van der Waals surface area contributed by atoms with Crippen molar-refractivity contribution in [3.05, 3.63) is 48.0 Å². The largest absolute Gasteiger partial charge is 0.369 e. The lowest BCUT2D eigenvalue weighted by atomic mass is 9.96. The fourth-order valence-corrected chi connectivity index (χ4v) is 2.90. The average Bonchev–Trinajstić information content (AvgIpc) is 2.53. The molecule has 0 radical (unpaired) electrons. The van der Waals surface area contributed by atoms with Crippen molar-refractivity contribution in [2.75, 3.05) is 13.1 Å². The van der Waals surface area contributed by atoms with Gasteiger partial charge in [-0.2, -0.15) is 0 Å². The molecule has 4 nitrogen and oxygen atoms in total. The molecule has 0 unspecified atom stereocenters. The molecule has 0 aliphatic carbocycles. The molecule has 1 heterocycles. The first-order chi connectivity index (χ1) is 10.1. The molecule has 4 heteroatoms. The maximum Gasteiger partial charge on any atom is 0.253 e. The van der Waals surface area contributed by atoms with Crippen molar-refractivity contribution in [2.24, 2.45) is 11.7 Å². The molecule has 2 aromatic rings. The van der Waals surface area contributed by atoms with Crippen molar-refractivity contribution in [1.29, 1.82) is 0 Å². The van der Waals surface area contributed by atoms with Gasteiger partial charge in [-0.05, 0) is 35.7 Å². The first kappa shape index (κ1) is 13.6. The normalized spacial score (nSPS) is 18.7. The van der Waals surface area contributed by atoms with E-state index in [0.29, 0.717) is 18.7 Å². The van der Waals surface area contributed by atoms with Gasteiger partial charge in [0.15, 0.2) is 0 Å². The zero-order valence-electron chi connectivity index (χ0n) is 11.8.